The number of benzene rings is 1. The molecule has 3 heterocycles. The highest BCUT2D eigenvalue weighted by atomic mass is 28.3. The number of carbonyl (C=O) groups excluding carboxylic acids is 2. The average molecular weight is 487 g/mol. The minimum atomic E-state index is -1.28. The maximum absolute atomic E-state index is 14.0. The first-order valence-electron chi connectivity index (χ1n) is 11.0. The highest BCUT2D eigenvalue weighted by molar-refractivity contribution is 6.76. The molecule has 0 amide bonds. The summed E-state index contributed by atoms with van der Waals surface area (Å²) in [6, 6.07) is 8.04. The monoisotopic (exact) mass is 486 g/mol. The van der Waals surface area contributed by atoms with Crippen molar-refractivity contribution in [2.45, 2.75) is 38.7 Å². The Morgan fingerprint density at radius 1 is 1.21 bits per heavy atom. The standard InChI is InChI=1S/C23H27FN4O5Si/c1-34(2,3)11-10-31-15-27-21(13-17(14-29)26-27)22(30)20-6-7-25-28(20)19-5-4-16(24)12-18(19)23-32-8-9-33-23/h4-7,12-14,23H,8-11,15H2,1-3H3. The van der Waals surface area contributed by atoms with Crippen LogP contribution in [0.15, 0.2) is 36.5 Å². The van der Waals surface area contributed by atoms with Crippen molar-refractivity contribution in [3.8, 4) is 5.69 Å². The van der Waals surface area contributed by atoms with Crippen LogP contribution in [0.1, 0.15) is 38.5 Å². The number of ketones is 1. The first-order chi connectivity index (χ1) is 16.3. The number of rotatable bonds is 10. The van der Waals surface area contributed by atoms with E-state index in [4.69, 9.17) is 14.2 Å². The molecule has 0 N–H and O–H groups in total. The largest absolute Gasteiger partial charge is 0.360 e. The van der Waals surface area contributed by atoms with Gasteiger partial charge in [0.05, 0.1) is 25.1 Å². The fraction of sp³-hybridized carbons (Fsp3) is 0.391. The van der Waals surface area contributed by atoms with E-state index in [0.29, 0.717) is 37.4 Å². The molecule has 0 saturated carbocycles. The lowest BCUT2D eigenvalue weighted by Crippen LogP contribution is -2.23. The van der Waals surface area contributed by atoms with Gasteiger partial charge in [0, 0.05) is 20.2 Å². The van der Waals surface area contributed by atoms with E-state index in [2.05, 4.69) is 29.8 Å². The molecule has 3 aromatic rings. The van der Waals surface area contributed by atoms with Crippen LogP contribution in [0.4, 0.5) is 4.39 Å². The number of nitrogens with zero attached hydrogens (tertiary/aromatic N) is 4. The van der Waals surface area contributed by atoms with Gasteiger partial charge in [0.25, 0.3) is 0 Å². The summed E-state index contributed by atoms with van der Waals surface area (Å²) in [7, 11) is -1.28. The van der Waals surface area contributed by atoms with Crippen LogP contribution in [0, 0.1) is 5.82 Å². The lowest BCUT2D eigenvalue weighted by atomic mass is 10.1. The topological polar surface area (TPSA) is 97.5 Å². The van der Waals surface area contributed by atoms with E-state index < -0.39 is 26.0 Å². The van der Waals surface area contributed by atoms with Gasteiger partial charge in [-0.3, -0.25) is 9.59 Å². The first-order valence-corrected chi connectivity index (χ1v) is 14.7. The molecule has 0 spiro atoms. The number of hydrogen-bond donors (Lipinski definition) is 0. The molecule has 4 rings (SSSR count). The number of aromatic nitrogens is 4. The number of carbonyl (C=O) groups is 2. The summed E-state index contributed by atoms with van der Waals surface area (Å²) in [6.07, 6.45) is 1.30. The molecule has 1 aromatic carbocycles. The van der Waals surface area contributed by atoms with Crippen molar-refractivity contribution >= 4 is 20.1 Å². The first kappa shape index (κ1) is 24.1. The summed E-state index contributed by atoms with van der Waals surface area (Å²) in [4.78, 5) is 24.9. The van der Waals surface area contributed by atoms with Gasteiger partial charge in [0.15, 0.2) is 12.6 Å². The molecule has 0 radical (unpaired) electrons. The molecule has 0 bridgehead atoms. The van der Waals surface area contributed by atoms with Crippen molar-refractivity contribution in [2.75, 3.05) is 19.8 Å². The predicted octanol–water partition coefficient (Wildman–Crippen LogP) is 3.61. The molecule has 2 aromatic heterocycles. The molecule has 0 unspecified atom stereocenters. The number of hydrogen-bond acceptors (Lipinski definition) is 7. The molecule has 1 fully saturated rings. The summed E-state index contributed by atoms with van der Waals surface area (Å²) < 4.78 is 33.7. The van der Waals surface area contributed by atoms with Crippen molar-refractivity contribution in [1.82, 2.24) is 19.6 Å². The van der Waals surface area contributed by atoms with Crippen molar-refractivity contribution in [1.29, 1.82) is 0 Å². The van der Waals surface area contributed by atoms with Gasteiger partial charge in [-0.1, -0.05) is 19.6 Å². The number of aldehydes is 1. The molecule has 1 aliphatic rings. The number of halogens is 1. The van der Waals surface area contributed by atoms with Gasteiger partial charge in [0.1, 0.15) is 29.6 Å². The van der Waals surface area contributed by atoms with Crippen LogP contribution in [0.5, 0.6) is 0 Å². The van der Waals surface area contributed by atoms with Crippen molar-refractivity contribution < 1.29 is 28.2 Å². The maximum atomic E-state index is 14.0. The van der Waals surface area contributed by atoms with Crippen LogP contribution < -0.4 is 0 Å². The summed E-state index contributed by atoms with van der Waals surface area (Å²) in [5.41, 5.74) is 1.40. The molecular formula is C23H27FN4O5Si. The van der Waals surface area contributed by atoms with Crippen LogP contribution >= 0.6 is 0 Å². The fourth-order valence-corrected chi connectivity index (χ4v) is 4.31. The van der Waals surface area contributed by atoms with Crippen molar-refractivity contribution in [2.24, 2.45) is 0 Å². The van der Waals surface area contributed by atoms with Crippen LogP contribution in [0.3, 0.4) is 0 Å². The Labute approximate surface area is 197 Å². The van der Waals surface area contributed by atoms with Crippen molar-refractivity contribution in [3.05, 3.63) is 65.0 Å². The fourth-order valence-electron chi connectivity index (χ4n) is 3.55. The Hall–Kier alpha value is -2.99. The molecule has 11 heteroatoms. The van der Waals surface area contributed by atoms with Crippen LogP contribution in [0.25, 0.3) is 5.69 Å². The smallest absolute Gasteiger partial charge is 0.229 e. The van der Waals surface area contributed by atoms with Gasteiger partial charge < -0.3 is 14.2 Å². The molecule has 0 aliphatic carbocycles. The SMILES string of the molecule is C[Si](C)(C)CCOCn1nc(C=O)cc1C(=O)c1ccnn1-c1ccc(F)cc1C1OCCO1. The van der Waals surface area contributed by atoms with Crippen molar-refractivity contribution in [3.63, 3.8) is 0 Å². The quantitative estimate of drug-likeness (QED) is 0.187. The van der Waals surface area contributed by atoms with E-state index in [-0.39, 0.29) is 23.8 Å². The van der Waals surface area contributed by atoms with Gasteiger partial charge in [-0.05, 0) is 36.4 Å². The summed E-state index contributed by atoms with van der Waals surface area (Å²) >= 11 is 0. The third-order valence-corrected chi connectivity index (χ3v) is 7.04. The van der Waals surface area contributed by atoms with E-state index in [0.717, 1.165) is 6.04 Å². The molecule has 1 aliphatic heterocycles. The van der Waals surface area contributed by atoms with Gasteiger partial charge in [0.2, 0.25) is 5.78 Å². The Morgan fingerprint density at radius 3 is 2.68 bits per heavy atom. The molecule has 1 saturated heterocycles. The lowest BCUT2D eigenvalue weighted by molar-refractivity contribution is -0.0443. The normalized spacial score (nSPS) is 14.6. The zero-order chi connectivity index (χ0) is 24.3. The Morgan fingerprint density at radius 2 is 1.97 bits per heavy atom. The second-order valence-electron chi connectivity index (χ2n) is 9.15. The zero-order valence-corrected chi connectivity index (χ0v) is 20.4. The van der Waals surface area contributed by atoms with E-state index >= 15 is 0 Å². The molecule has 9 nitrogen and oxygen atoms in total. The van der Waals surface area contributed by atoms with Crippen LogP contribution in [-0.4, -0.2) is 59.5 Å². The average Bonchev–Trinajstić information content (AvgIpc) is 3.56. The lowest BCUT2D eigenvalue weighted by Gasteiger charge is -2.17. The third-order valence-electron chi connectivity index (χ3n) is 5.33. The van der Waals surface area contributed by atoms with Gasteiger partial charge in [-0.15, -0.1) is 0 Å². The van der Waals surface area contributed by atoms with Crippen LogP contribution in [-0.2, 0) is 20.9 Å². The van der Waals surface area contributed by atoms with Gasteiger partial charge >= 0.3 is 0 Å². The molecular weight excluding hydrogens is 459 g/mol. The highest BCUT2D eigenvalue weighted by Gasteiger charge is 2.27. The Balaban J connectivity index is 1.64. The summed E-state index contributed by atoms with van der Waals surface area (Å²) in [6.45, 7) is 8.09. The molecule has 0 atom stereocenters. The van der Waals surface area contributed by atoms with E-state index in [9.17, 15) is 14.0 Å². The molecule has 180 valence electrons. The minimum absolute atomic E-state index is 0.0408. The minimum Gasteiger partial charge on any atom is -0.360 e. The third kappa shape index (κ3) is 5.38. The predicted molar refractivity (Wildman–Crippen MR) is 123 cm³/mol. The summed E-state index contributed by atoms with van der Waals surface area (Å²) in [5.74, 6) is -0.863. The molecule has 34 heavy (non-hydrogen) atoms. The number of ether oxygens (including phenoxy) is 3. The maximum Gasteiger partial charge on any atom is 0.229 e. The van der Waals surface area contributed by atoms with Gasteiger partial charge in [-0.2, -0.15) is 10.2 Å². The van der Waals surface area contributed by atoms with E-state index in [1.54, 1.807) is 6.07 Å². The Bertz CT molecular complexity index is 1180. The zero-order valence-electron chi connectivity index (χ0n) is 19.4. The van der Waals surface area contributed by atoms with Gasteiger partial charge in [-0.25, -0.2) is 13.8 Å². The summed E-state index contributed by atoms with van der Waals surface area (Å²) in [5, 5.41) is 8.47. The second-order valence-corrected chi connectivity index (χ2v) is 14.8. The van der Waals surface area contributed by atoms with E-state index in [1.165, 1.54) is 39.8 Å². The Kier molecular flexibility index (Phi) is 7.17. The van der Waals surface area contributed by atoms with E-state index in [1.807, 2.05) is 0 Å². The van der Waals surface area contributed by atoms with Crippen LogP contribution in [0.2, 0.25) is 25.7 Å². The highest BCUT2D eigenvalue weighted by Crippen LogP contribution is 2.30. The second kappa shape index (κ2) is 10.1.